The molecule has 1 spiro atoms. The fourth-order valence-electron chi connectivity index (χ4n) is 3.17. The quantitative estimate of drug-likeness (QED) is 0.854. The van der Waals surface area contributed by atoms with Crippen molar-refractivity contribution < 1.29 is 0 Å². The van der Waals surface area contributed by atoms with Crippen LogP contribution in [-0.4, -0.2) is 24.0 Å². The molecule has 1 aromatic carbocycles. The monoisotopic (exact) mass is 236 g/mol. The molecule has 16 heavy (non-hydrogen) atoms. The molecule has 1 aliphatic heterocycles. The van der Waals surface area contributed by atoms with Gasteiger partial charge in [0.1, 0.15) is 0 Å². The van der Waals surface area contributed by atoms with Gasteiger partial charge in [-0.05, 0) is 36.0 Å². The number of nitrogens with zero attached hydrogens (tertiary/aromatic N) is 1. The first-order valence-corrected chi connectivity index (χ1v) is 6.25. The molecule has 2 aliphatic rings. The molecule has 86 valence electrons. The molecule has 2 nitrogen and oxygen atoms in total. The molecular weight excluding hydrogens is 220 g/mol. The summed E-state index contributed by atoms with van der Waals surface area (Å²) in [5, 5.41) is 0.814. The second-order valence-corrected chi connectivity index (χ2v) is 5.88. The normalized spacial score (nSPS) is 24.1. The van der Waals surface area contributed by atoms with Gasteiger partial charge in [-0.15, -0.1) is 0 Å². The minimum absolute atomic E-state index is 0.470. The highest BCUT2D eigenvalue weighted by Crippen LogP contribution is 2.47. The van der Waals surface area contributed by atoms with Gasteiger partial charge in [0.2, 0.25) is 0 Å². The van der Waals surface area contributed by atoms with Crippen LogP contribution in [-0.2, 0) is 6.54 Å². The molecule has 1 aliphatic carbocycles. The number of hydrogen-bond donors (Lipinski definition) is 1. The van der Waals surface area contributed by atoms with E-state index in [1.54, 1.807) is 0 Å². The molecule has 2 N–H and O–H groups in total. The van der Waals surface area contributed by atoms with Crippen LogP contribution in [0.4, 0.5) is 0 Å². The Morgan fingerprint density at radius 2 is 1.88 bits per heavy atom. The minimum Gasteiger partial charge on any atom is -0.328 e. The van der Waals surface area contributed by atoms with Crippen LogP contribution in [0.1, 0.15) is 18.4 Å². The molecule has 2 fully saturated rings. The standard InChI is InChI=1S/C13H17ClN2/c14-11-3-1-10(2-4-11)7-16-8-13(9-16)5-12(15)6-13/h1-4,12H,5-9,15H2. The molecular formula is C13H17ClN2. The number of benzene rings is 1. The van der Waals surface area contributed by atoms with Crippen LogP contribution in [0.15, 0.2) is 24.3 Å². The van der Waals surface area contributed by atoms with Crippen molar-refractivity contribution in [2.75, 3.05) is 13.1 Å². The Hall–Kier alpha value is -0.570. The van der Waals surface area contributed by atoms with Gasteiger partial charge in [0.25, 0.3) is 0 Å². The zero-order valence-corrected chi connectivity index (χ0v) is 10.1. The SMILES string of the molecule is NC1CC2(C1)CN(Cc1ccc(Cl)cc1)C2. The summed E-state index contributed by atoms with van der Waals surface area (Å²) in [7, 11) is 0. The number of hydrogen-bond acceptors (Lipinski definition) is 2. The van der Waals surface area contributed by atoms with Gasteiger partial charge in [0.05, 0.1) is 0 Å². The van der Waals surface area contributed by atoms with Gasteiger partial charge in [-0.1, -0.05) is 23.7 Å². The fraction of sp³-hybridized carbons (Fsp3) is 0.538. The van der Waals surface area contributed by atoms with Crippen molar-refractivity contribution in [3.05, 3.63) is 34.9 Å². The van der Waals surface area contributed by atoms with E-state index in [0.717, 1.165) is 11.6 Å². The topological polar surface area (TPSA) is 29.3 Å². The molecule has 1 saturated carbocycles. The van der Waals surface area contributed by atoms with Crippen molar-refractivity contribution in [3.8, 4) is 0 Å². The number of halogens is 1. The second kappa shape index (κ2) is 3.73. The zero-order valence-electron chi connectivity index (χ0n) is 9.32. The molecule has 0 radical (unpaired) electrons. The van der Waals surface area contributed by atoms with Gasteiger partial charge in [-0.2, -0.15) is 0 Å². The first-order valence-electron chi connectivity index (χ1n) is 5.88. The van der Waals surface area contributed by atoms with E-state index in [2.05, 4.69) is 17.0 Å². The molecule has 3 heteroatoms. The van der Waals surface area contributed by atoms with Gasteiger partial charge < -0.3 is 5.73 Å². The molecule has 0 aromatic heterocycles. The van der Waals surface area contributed by atoms with Gasteiger partial charge in [0.15, 0.2) is 0 Å². The van der Waals surface area contributed by atoms with Gasteiger partial charge in [-0.25, -0.2) is 0 Å². The van der Waals surface area contributed by atoms with Crippen LogP contribution < -0.4 is 5.73 Å². The fourth-order valence-corrected chi connectivity index (χ4v) is 3.30. The Balaban J connectivity index is 1.53. The molecule has 0 atom stereocenters. The number of nitrogens with two attached hydrogens (primary N) is 1. The van der Waals surface area contributed by atoms with E-state index in [4.69, 9.17) is 17.3 Å². The Bertz CT molecular complexity index is 373. The summed E-state index contributed by atoms with van der Waals surface area (Å²) in [6, 6.07) is 8.62. The summed E-state index contributed by atoms with van der Waals surface area (Å²) in [4.78, 5) is 2.50. The lowest BCUT2D eigenvalue weighted by molar-refractivity contribution is -0.0752. The van der Waals surface area contributed by atoms with Crippen LogP contribution in [0.25, 0.3) is 0 Å². The Kier molecular flexibility index (Phi) is 2.46. The molecule has 0 unspecified atom stereocenters. The third kappa shape index (κ3) is 1.86. The van der Waals surface area contributed by atoms with E-state index in [0.29, 0.717) is 11.5 Å². The summed E-state index contributed by atoms with van der Waals surface area (Å²) in [5.74, 6) is 0. The van der Waals surface area contributed by atoms with E-state index in [1.165, 1.54) is 31.5 Å². The highest BCUT2D eigenvalue weighted by molar-refractivity contribution is 6.30. The lowest BCUT2D eigenvalue weighted by Crippen LogP contribution is -2.64. The Morgan fingerprint density at radius 3 is 2.44 bits per heavy atom. The lowest BCUT2D eigenvalue weighted by atomic mass is 9.61. The van der Waals surface area contributed by atoms with Crippen LogP contribution in [0.5, 0.6) is 0 Å². The van der Waals surface area contributed by atoms with Crippen molar-refractivity contribution in [2.24, 2.45) is 11.1 Å². The van der Waals surface area contributed by atoms with E-state index >= 15 is 0 Å². The van der Waals surface area contributed by atoms with Crippen LogP contribution in [0.3, 0.4) is 0 Å². The number of rotatable bonds is 2. The largest absolute Gasteiger partial charge is 0.328 e. The van der Waals surface area contributed by atoms with Crippen LogP contribution >= 0.6 is 11.6 Å². The van der Waals surface area contributed by atoms with E-state index in [-0.39, 0.29) is 0 Å². The molecule has 1 aromatic rings. The molecule has 0 bridgehead atoms. The van der Waals surface area contributed by atoms with Crippen molar-refractivity contribution in [3.63, 3.8) is 0 Å². The molecule has 1 saturated heterocycles. The van der Waals surface area contributed by atoms with Crippen molar-refractivity contribution >= 4 is 11.6 Å². The van der Waals surface area contributed by atoms with Crippen molar-refractivity contribution in [1.29, 1.82) is 0 Å². The predicted molar refractivity (Wildman–Crippen MR) is 66.4 cm³/mol. The Morgan fingerprint density at radius 1 is 1.25 bits per heavy atom. The summed E-state index contributed by atoms with van der Waals surface area (Å²) in [6.45, 7) is 3.50. The number of likely N-dealkylation sites (tertiary alicyclic amines) is 1. The summed E-state index contributed by atoms with van der Waals surface area (Å²) in [5.41, 5.74) is 7.78. The molecule has 3 rings (SSSR count). The summed E-state index contributed by atoms with van der Waals surface area (Å²) < 4.78 is 0. The summed E-state index contributed by atoms with van der Waals surface area (Å²) >= 11 is 5.86. The van der Waals surface area contributed by atoms with E-state index in [1.807, 2.05) is 12.1 Å². The third-order valence-electron chi connectivity index (χ3n) is 3.83. The average molecular weight is 237 g/mol. The van der Waals surface area contributed by atoms with Gasteiger partial charge in [0, 0.05) is 30.7 Å². The predicted octanol–water partition coefficient (Wildman–Crippen LogP) is 2.26. The first-order chi connectivity index (χ1) is 7.65. The van der Waals surface area contributed by atoms with E-state index in [9.17, 15) is 0 Å². The highest BCUT2D eigenvalue weighted by Gasteiger charge is 2.50. The average Bonchev–Trinajstić information content (AvgIpc) is 2.16. The maximum absolute atomic E-state index is 5.86. The van der Waals surface area contributed by atoms with Crippen LogP contribution in [0, 0.1) is 5.41 Å². The van der Waals surface area contributed by atoms with E-state index < -0.39 is 0 Å². The van der Waals surface area contributed by atoms with Crippen molar-refractivity contribution in [2.45, 2.75) is 25.4 Å². The van der Waals surface area contributed by atoms with Crippen LogP contribution in [0.2, 0.25) is 5.02 Å². The molecule has 1 heterocycles. The first kappa shape index (κ1) is 10.6. The minimum atomic E-state index is 0.470. The third-order valence-corrected chi connectivity index (χ3v) is 4.08. The van der Waals surface area contributed by atoms with Gasteiger partial charge >= 0.3 is 0 Å². The summed E-state index contributed by atoms with van der Waals surface area (Å²) in [6.07, 6.45) is 2.45. The van der Waals surface area contributed by atoms with Gasteiger partial charge in [-0.3, -0.25) is 4.90 Å². The second-order valence-electron chi connectivity index (χ2n) is 5.44. The van der Waals surface area contributed by atoms with Crippen molar-refractivity contribution in [1.82, 2.24) is 4.90 Å². The lowest BCUT2D eigenvalue weighted by Gasteiger charge is -2.58. The molecule has 0 amide bonds. The Labute approximate surface area is 101 Å². The maximum Gasteiger partial charge on any atom is 0.0406 e. The zero-order chi connectivity index (χ0) is 11.2. The highest BCUT2D eigenvalue weighted by atomic mass is 35.5. The maximum atomic E-state index is 5.86. The smallest absolute Gasteiger partial charge is 0.0406 e.